The monoisotopic (exact) mass is 308 g/mol. The fourth-order valence-corrected chi connectivity index (χ4v) is 1.92. The van der Waals surface area contributed by atoms with Crippen LogP contribution in [0.15, 0.2) is 12.1 Å². The minimum absolute atomic E-state index is 0.144. The van der Waals surface area contributed by atoms with Crippen LogP contribution in [0, 0.1) is 3.57 Å². The van der Waals surface area contributed by atoms with Crippen LogP contribution in [0.5, 0.6) is 11.5 Å². The molecular formula is C10H13IO3. The summed E-state index contributed by atoms with van der Waals surface area (Å²) in [6, 6.07) is 3.81. The number of halogens is 1. The van der Waals surface area contributed by atoms with E-state index in [1.165, 1.54) is 0 Å². The van der Waals surface area contributed by atoms with Gasteiger partial charge in [0.05, 0.1) is 14.2 Å². The number of aliphatic hydroxyl groups is 1. The second-order valence-electron chi connectivity index (χ2n) is 2.77. The van der Waals surface area contributed by atoms with Crippen LogP contribution in [0.1, 0.15) is 5.56 Å². The molecule has 3 nitrogen and oxygen atoms in total. The lowest BCUT2D eigenvalue weighted by Crippen LogP contribution is -1.98. The van der Waals surface area contributed by atoms with Gasteiger partial charge in [0.2, 0.25) is 0 Å². The van der Waals surface area contributed by atoms with Gasteiger partial charge in [-0.05, 0) is 46.7 Å². The summed E-state index contributed by atoms with van der Waals surface area (Å²) in [6.07, 6.45) is 0.638. The Hall–Kier alpha value is -0.490. The van der Waals surface area contributed by atoms with Crippen LogP contribution in [0.25, 0.3) is 0 Å². The average molecular weight is 308 g/mol. The minimum atomic E-state index is 0.144. The summed E-state index contributed by atoms with van der Waals surface area (Å²) in [5, 5.41) is 8.86. The molecule has 1 rings (SSSR count). The van der Waals surface area contributed by atoms with E-state index in [9.17, 15) is 0 Å². The smallest absolute Gasteiger partial charge is 0.161 e. The maximum absolute atomic E-state index is 8.86. The highest BCUT2D eigenvalue weighted by Crippen LogP contribution is 2.31. The molecule has 1 aromatic carbocycles. The van der Waals surface area contributed by atoms with Gasteiger partial charge in [0, 0.05) is 10.2 Å². The molecule has 0 saturated heterocycles. The van der Waals surface area contributed by atoms with E-state index >= 15 is 0 Å². The van der Waals surface area contributed by atoms with Crippen molar-refractivity contribution in [3.63, 3.8) is 0 Å². The molecule has 0 saturated carbocycles. The molecule has 0 bridgehead atoms. The molecule has 0 atom stereocenters. The molecule has 78 valence electrons. The van der Waals surface area contributed by atoms with E-state index in [2.05, 4.69) is 22.6 Å². The number of rotatable bonds is 4. The van der Waals surface area contributed by atoms with Crippen LogP contribution < -0.4 is 9.47 Å². The molecule has 0 radical (unpaired) electrons. The molecule has 1 aromatic rings. The van der Waals surface area contributed by atoms with Crippen molar-refractivity contribution in [1.82, 2.24) is 0 Å². The number of hydrogen-bond acceptors (Lipinski definition) is 3. The van der Waals surface area contributed by atoms with Crippen molar-refractivity contribution in [1.29, 1.82) is 0 Å². The van der Waals surface area contributed by atoms with Gasteiger partial charge in [0.15, 0.2) is 11.5 Å². The summed E-state index contributed by atoms with van der Waals surface area (Å²) >= 11 is 2.22. The van der Waals surface area contributed by atoms with E-state index in [0.29, 0.717) is 12.2 Å². The average Bonchev–Trinajstić information content (AvgIpc) is 2.20. The topological polar surface area (TPSA) is 38.7 Å². The third kappa shape index (κ3) is 2.51. The lowest BCUT2D eigenvalue weighted by molar-refractivity contribution is 0.298. The van der Waals surface area contributed by atoms with E-state index in [4.69, 9.17) is 14.6 Å². The maximum atomic E-state index is 8.86. The Morgan fingerprint density at radius 1 is 1.21 bits per heavy atom. The van der Waals surface area contributed by atoms with Gasteiger partial charge in [-0.25, -0.2) is 0 Å². The molecule has 0 aliphatic carbocycles. The molecule has 0 unspecified atom stereocenters. The van der Waals surface area contributed by atoms with Crippen molar-refractivity contribution in [3.05, 3.63) is 21.3 Å². The van der Waals surface area contributed by atoms with Gasteiger partial charge in [-0.15, -0.1) is 0 Å². The first-order valence-corrected chi connectivity index (χ1v) is 5.32. The number of hydrogen-bond donors (Lipinski definition) is 1. The van der Waals surface area contributed by atoms with Crippen LogP contribution in [0.4, 0.5) is 0 Å². The number of ether oxygens (including phenoxy) is 2. The van der Waals surface area contributed by atoms with Crippen molar-refractivity contribution in [2.24, 2.45) is 0 Å². The molecular weight excluding hydrogens is 295 g/mol. The first-order chi connectivity index (χ1) is 6.72. The summed E-state index contributed by atoms with van der Waals surface area (Å²) < 4.78 is 11.4. The van der Waals surface area contributed by atoms with Crippen molar-refractivity contribution < 1.29 is 14.6 Å². The second kappa shape index (κ2) is 5.41. The lowest BCUT2D eigenvalue weighted by atomic mass is 10.1. The third-order valence-corrected chi connectivity index (χ3v) is 2.94. The fourth-order valence-electron chi connectivity index (χ4n) is 1.21. The van der Waals surface area contributed by atoms with Crippen molar-refractivity contribution in [2.75, 3.05) is 20.8 Å². The Balaban J connectivity index is 3.09. The zero-order chi connectivity index (χ0) is 10.6. The zero-order valence-corrected chi connectivity index (χ0v) is 10.4. The molecule has 0 fully saturated rings. The summed E-state index contributed by atoms with van der Waals surface area (Å²) in [5.74, 6) is 1.43. The molecule has 0 aliphatic rings. The predicted octanol–water partition coefficient (Wildman–Crippen LogP) is 1.84. The van der Waals surface area contributed by atoms with Gasteiger partial charge in [-0.1, -0.05) is 0 Å². The quantitative estimate of drug-likeness (QED) is 0.863. The van der Waals surface area contributed by atoms with Crippen LogP contribution in [0.2, 0.25) is 0 Å². The van der Waals surface area contributed by atoms with E-state index in [-0.39, 0.29) is 6.61 Å². The number of aliphatic hydroxyl groups excluding tert-OH is 1. The van der Waals surface area contributed by atoms with Gasteiger partial charge in [-0.2, -0.15) is 0 Å². The van der Waals surface area contributed by atoms with Crippen molar-refractivity contribution in [2.45, 2.75) is 6.42 Å². The van der Waals surface area contributed by atoms with E-state index in [1.54, 1.807) is 14.2 Å². The highest BCUT2D eigenvalue weighted by Gasteiger charge is 2.08. The highest BCUT2D eigenvalue weighted by molar-refractivity contribution is 14.1. The molecule has 0 aliphatic heterocycles. The molecule has 0 amide bonds. The van der Waals surface area contributed by atoms with Gasteiger partial charge < -0.3 is 14.6 Å². The SMILES string of the molecule is COc1cc(I)c(CCO)cc1OC. The standard InChI is InChI=1S/C10H13IO3/c1-13-9-5-7(3-4-12)8(11)6-10(9)14-2/h5-6,12H,3-4H2,1-2H3. The van der Waals surface area contributed by atoms with E-state index in [0.717, 1.165) is 14.9 Å². The predicted molar refractivity (Wildman–Crippen MR) is 63.1 cm³/mol. The summed E-state index contributed by atoms with van der Waals surface area (Å²) in [4.78, 5) is 0. The molecule has 14 heavy (non-hydrogen) atoms. The maximum Gasteiger partial charge on any atom is 0.161 e. The Morgan fingerprint density at radius 2 is 1.79 bits per heavy atom. The molecule has 4 heteroatoms. The van der Waals surface area contributed by atoms with Crippen LogP contribution >= 0.6 is 22.6 Å². The first-order valence-electron chi connectivity index (χ1n) is 4.24. The molecule has 1 N–H and O–H groups in total. The minimum Gasteiger partial charge on any atom is -0.493 e. The Bertz CT molecular complexity index is 312. The third-order valence-electron chi connectivity index (χ3n) is 1.93. The number of benzene rings is 1. The Labute approximate surface area is 97.2 Å². The highest BCUT2D eigenvalue weighted by atomic mass is 127. The summed E-state index contributed by atoms with van der Waals surface area (Å²) in [6.45, 7) is 0.144. The van der Waals surface area contributed by atoms with E-state index in [1.807, 2.05) is 12.1 Å². The molecule has 0 spiro atoms. The first kappa shape index (κ1) is 11.6. The van der Waals surface area contributed by atoms with E-state index < -0.39 is 0 Å². The largest absolute Gasteiger partial charge is 0.493 e. The Morgan fingerprint density at radius 3 is 2.29 bits per heavy atom. The molecule has 0 heterocycles. The van der Waals surface area contributed by atoms with Gasteiger partial charge in [0.1, 0.15) is 0 Å². The van der Waals surface area contributed by atoms with Crippen LogP contribution in [-0.2, 0) is 6.42 Å². The lowest BCUT2D eigenvalue weighted by Gasteiger charge is -2.11. The normalized spacial score (nSPS) is 10.0. The van der Waals surface area contributed by atoms with Gasteiger partial charge >= 0.3 is 0 Å². The van der Waals surface area contributed by atoms with Crippen molar-refractivity contribution in [3.8, 4) is 11.5 Å². The van der Waals surface area contributed by atoms with Crippen LogP contribution in [-0.4, -0.2) is 25.9 Å². The fraction of sp³-hybridized carbons (Fsp3) is 0.400. The van der Waals surface area contributed by atoms with Gasteiger partial charge in [-0.3, -0.25) is 0 Å². The zero-order valence-electron chi connectivity index (χ0n) is 8.21. The second-order valence-corrected chi connectivity index (χ2v) is 3.93. The molecule has 0 aromatic heterocycles. The number of methoxy groups -OCH3 is 2. The van der Waals surface area contributed by atoms with Crippen molar-refractivity contribution >= 4 is 22.6 Å². The summed E-state index contributed by atoms with van der Waals surface area (Å²) in [7, 11) is 3.22. The summed E-state index contributed by atoms with van der Waals surface area (Å²) in [5.41, 5.74) is 1.07. The van der Waals surface area contributed by atoms with Crippen LogP contribution in [0.3, 0.4) is 0 Å². The van der Waals surface area contributed by atoms with Gasteiger partial charge in [0.25, 0.3) is 0 Å². The Kier molecular flexibility index (Phi) is 4.47.